The average molecular weight is 272 g/mol. The van der Waals surface area contributed by atoms with Crippen molar-refractivity contribution in [2.45, 2.75) is 33.7 Å². The number of nitrogens with two attached hydrogens (primary N) is 1. The maximum Gasteiger partial charge on any atom is 0.270 e. The molecule has 2 rings (SSSR count). The highest BCUT2D eigenvalue weighted by Crippen LogP contribution is 2.18. The molecule has 0 aliphatic heterocycles. The lowest BCUT2D eigenvalue weighted by atomic mass is 10.1. The number of hydrogen-bond acceptors (Lipinski definition) is 4. The molecule has 1 amide bonds. The summed E-state index contributed by atoms with van der Waals surface area (Å²) in [6.45, 7) is 8.05. The van der Waals surface area contributed by atoms with Crippen molar-refractivity contribution in [3.63, 3.8) is 0 Å². The molecule has 1 unspecified atom stereocenters. The summed E-state index contributed by atoms with van der Waals surface area (Å²) in [4.78, 5) is 20.7. The van der Waals surface area contributed by atoms with Crippen LogP contribution < -0.4 is 11.1 Å². The number of hydrogen-bond donors (Lipinski definition) is 2. The molecule has 0 bridgehead atoms. The number of benzene rings is 1. The molecule has 2 aromatic rings. The molecular formula is C15H20N4O. The molecule has 3 N–H and O–H groups in total. The Morgan fingerprint density at radius 2 is 1.95 bits per heavy atom. The number of aromatic nitrogens is 2. The number of amides is 1. The normalized spacial score (nSPS) is 12.7. The van der Waals surface area contributed by atoms with Crippen molar-refractivity contribution < 1.29 is 4.79 Å². The van der Waals surface area contributed by atoms with Crippen LogP contribution in [0.3, 0.4) is 0 Å². The molecule has 1 atom stereocenters. The van der Waals surface area contributed by atoms with Gasteiger partial charge in [-0.3, -0.25) is 4.79 Å². The maximum absolute atomic E-state index is 12.4. The molecule has 5 heteroatoms. The summed E-state index contributed by atoms with van der Waals surface area (Å²) in [6, 6.07) is 5.76. The van der Waals surface area contributed by atoms with Crippen LogP contribution in [-0.4, -0.2) is 21.9 Å². The van der Waals surface area contributed by atoms with Crippen molar-refractivity contribution in [2.75, 3.05) is 5.73 Å². The summed E-state index contributed by atoms with van der Waals surface area (Å²) in [6.07, 6.45) is 0. The fourth-order valence-corrected chi connectivity index (χ4v) is 1.88. The first kappa shape index (κ1) is 14.2. The van der Waals surface area contributed by atoms with Crippen molar-refractivity contribution in [3.8, 4) is 0 Å². The van der Waals surface area contributed by atoms with Gasteiger partial charge >= 0.3 is 0 Å². The highest BCUT2D eigenvalue weighted by molar-refractivity contribution is 6.04. The number of anilines is 1. The number of carbonyl (C=O) groups excluding carboxylic acids is 1. The van der Waals surface area contributed by atoms with Crippen molar-refractivity contribution in [3.05, 3.63) is 29.5 Å². The molecule has 0 fully saturated rings. The number of fused-ring (bicyclic) bond motifs is 1. The lowest BCUT2D eigenvalue weighted by Crippen LogP contribution is -2.36. The van der Waals surface area contributed by atoms with Crippen LogP contribution >= 0.6 is 0 Å². The molecule has 1 aromatic heterocycles. The quantitative estimate of drug-likeness (QED) is 0.898. The SMILES string of the molecule is Cc1ccc2nc(N)nc(C(=O)NC(C)C(C)C)c2c1. The summed E-state index contributed by atoms with van der Waals surface area (Å²) >= 11 is 0. The van der Waals surface area contributed by atoms with Gasteiger partial charge in [-0.15, -0.1) is 0 Å². The van der Waals surface area contributed by atoms with E-state index in [2.05, 4.69) is 29.1 Å². The van der Waals surface area contributed by atoms with Crippen LogP contribution in [0.4, 0.5) is 5.95 Å². The van der Waals surface area contributed by atoms with E-state index in [-0.39, 0.29) is 17.9 Å². The van der Waals surface area contributed by atoms with E-state index in [9.17, 15) is 4.79 Å². The molecule has 106 valence electrons. The molecule has 0 aliphatic carbocycles. The van der Waals surface area contributed by atoms with Crippen molar-refractivity contribution in [1.82, 2.24) is 15.3 Å². The zero-order chi connectivity index (χ0) is 14.9. The standard InChI is InChI=1S/C15H20N4O/c1-8(2)10(4)17-14(20)13-11-7-9(3)5-6-12(11)18-15(16)19-13/h5-8,10H,1-4H3,(H,17,20)(H2,16,18,19). The third-order valence-corrected chi connectivity index (χ3v) is 3.44. The molecule has 20 heavy (non-hydrogen) atoms. The van der Waals surface area contributed by atoms with Gasteiger partial charge in [-0.1, -0.05) is 25.5 Å². The highest BCUT2D eigenvalue weighted by atomic mass is 16.1. The molecule has 1 aromatic carbocycles. The van der Waals surface area contributed by atoms with Crippen molar-refractivity contribution in [1.29, 1.82) is 0 Å². The predicted molar refractivity (Wildman–Crippen MR) is 80.5 cm³/mol. The van der Waals surface area contributed by atoms with Crippen LogP contribution in [0.1, 0.15) is 36.8 Å². The fraction of sp³-hybridized carbons (Fsp3) is 0.400. The first-order valence-electron chi connectivity index (χ1n) is 6.73. The van der Waals surface area contributed by atoms with Crippen molar-refractivity contribution in [2.24, 2.45) is 5.92 Å². The molecule has 0 saturated heterocycles. The summed E-state index contributed by atoms with van der Waals surface area (Å²) in [5.41, 5.74) is 7.76. The first-order chi connectivity index (χ1) is 9.38. The minimum Gasteiger partial charge on any atom is -0.368 e. The monoisotopic (exact) mass is 272 g/mol. The Morgan fingerprint density at radius 1 is 1.25 bits per heavy atom. The molecule has 5 nitrogen and oxygen atoms in total. The second-order valence-electron chi connectivity index (χ2n) is 5.46. The third-order valence-electron chi connectivity index (χ3n) is 3.44. The zero-order valence-corrected chi connectivity index (χ0v) is 12.3. The predicted octanol–water partition coefficient (Wildman–Crippen LogP) is 2.29. The number of carbonyl (C=O) groups is 1. The Morgan fingerprint density at radius 3 is 2.60 bits per heavy atom. The van der Waals surface area contributed by atoms with Crippen LogP contribution in [0.25, 0.3) is 10.9 Å². The summed E-state index contributed by atoms with van der Waals surface area (Å²) in [5, 5.41) is 3.68. The molecule has 0 saturated carbocycles. The minimum absolute atomic E-state index is 0.0681. The molecule has 0 spiro atoms. The van der Waals surface area contributed by atoms with Gasteiger partial charge in [0.2, 0.25) is 5.95 Å². The van der Waals surface area contributed by atoms with Crippen molar-refractivity contribution >= 4 is 22.8 Å². The Kier molecular flexibility index (Phi) is 3.88. The first-order valence-corrected chi connectivity index (χ1v) is 6.73. The zero-order valence-electron chi connectivity index (χ0n) is 12.3. The van der Waals surface area contributed by atoms with Gasteiger partial charge in [0.1, 0.15) is 5.69 Å². The fourth-order valence-electron chi connectivity index (χ4n) is 1.88. The van der Waals surface area contributed by atoms with Crippen LogP contribution in [0.2, 0.25) is 0 Å². The van der Waals surface area contributed by atoms with E-state index in [4.69, 9.17) is 5.73 Å². The van der Waals surface area contributed by atoms with E-state index >= 15 is 0 Å². The summed E-state index contributed by atoms with van der Waals surface area (Å²) < 4.78 is 0. The molecule has 0 radical (unpaired) electrons. The van der Waals surface area contributed by atoms with Crippen LogP contribution in [0, 0.1) is 12.8 Å². The van der Waals surface area contributed by atoms with Gasteiger partial charge in [0.05, 0.1) is 5.52 Å². The van der Waals surface area contributed by atoms with Crippen LogP contribution in [-0.2, 0) is 0 Å². The van der Waals surface area contributed by atoms with Gasteiger partial charge in [-0.2, -0.15) is 0 Å². The Labute approximate surface area is 118 Å². The number of rotatable bonds is 3. The molecular weight excluding hydrogens is 252 g/mol. The molecule has 0 aliphatic rings. The minimum atomic E-state index is -0.212. The lowest BCUT2D eigenvalue weighted by Gasteiger charge is -2.17. The Balaban J connectivity index is 2.47. The van der Waals surface area contributed by atoms with Gasteiger partial charge < -0.3 is 11.1 Å². The van der Waals surface area contributed by atoms with Gasteiger partial charge in [0.25, 0.3) is 5.91 Å². The second-order valence-corrected chi connectivity index (χ2v) is 5.46. The maximum atomic E-state index is 12.4. The van der Waals surface area contributed by atoms with E-state index in [1.165, 1.54) is 0 Å². The van der Waals surface area contributed by atoms with Gasteiger partial charge in [0.15, 0.2) is 0 Å². The van der Waals surface area contributed by atoms with Crippen LogP contribution in [0.5, 0.6) is 0 Å². The van der Waals surface area contributed by atoms with E-state index in [0.717, 1.165) is 10.9 Å². The topological polar surface area (TPSA) is 80.9 Å². The largest absolute Gasteiger partial charge is 0.368 e. The van der Waals surface area contributed by atoms with Gasteiger partial charge in [-0.25, -0.2) is 9.97 Å². The lowest BCUT2D eigenvalue weighted by molar-refractivity contribution is 0.0927. The van der Waals surface area contributed by atoms with Gasteiger partial charge in [-0.05, 0) is 31.9 Å². The van der Waals surface area contributed by atoms with E-state index in [1.54, 1.807) is 0 Å². The van der Waals surface area contributed by atoms with Gasteiger partial charge in [0, 0.05) is 11.4 Å². The summed E-state index contributed by atoms with van der Waals surface area (Å²) in [5.74, 6) is 0.255. The third kappa shape index (κ3) is 2.87. The second kappa shape index (κ2) is 5.45. The number of nitrogen functional groups attached to an aromatic ring is 1. The van der Waals surface area contributed by atoms with E-state index in [0.29, 0.717) is 17.1 Å². The number of aryl methyl sites for hydroxylation is 1. The smallest absolute Gasteiger partial charge is 0.270 e. The Hall–Kier alpha value is -2.17. The van der Waals surface area contributed by atoms with Crippen LogP contribution in [0.15, 0.2) is 18.2 Å². The van der Waals surface area contributed by atoms with E-state index < -0.39 is 0 Å². The average Bonchev–Trinajstić information content (AvgIpc) is 2.38. The highest BCUT2D eigenvalue weighted by Gasteiger charge is 2.17. The summed E-state index contributed by atoms with van der Waals surface area (Å²) in [7, 11) is 0. The molecule has 1 heterocycles. The number of nitrogens with one attached hydrogen (secondary N) is 1. The Bertz CT molecular complexity index is 652. The number of nitrogens with zero attached hydrogens (tertiary/aromatic N) is 2. The van der Waals surface area contributed by atoms with E-state index in [1.807, 2.05) is 32.0 Å².